The van der Waals surface area contributed by atoms with Crippen LogP contribution in [0.25, 0.3) is 0 Å². The fourth-order valence-electron chi connectivity index (χ4n) is 1.55. The van der Waals surface area contributed by atoms with Crippen LogP contribution in [0.4, 0.5) is 5.69 Å². The smallest absolute Gasteiger partial charge is 0.251 e. The molecule has 0 aliphatic heterocycles. The fraction of sp³-hybridized carbons (Fsp3) is 0.385. The second-order valence-electron chi connectivity index (χ2n) is 4.10. The first-order valence-corrected chi connectivity index (χ1v) is 5.94. The van der Waals surface area contributed by atoms with Gasteiger partial charge < -0.3 is 21.1 Å². The first-order valence-electron chi connectivity index (χ1n) is 5.94. The van der Waals surface area contributed by atoms with Crippen molar-refractivity contribution in [3.63, 3.8) is 0 Å². The van der Waals surface area contributed by atoms with Gasteiger partial charge in [0.1, 0.15) is 0 Å². The molecule has 1 rings (SSSR count). The summed E-state index contributed by atoms with van der Waals surface area (Å²) in [7, 11) is 1.55. The van der Waals surface area contributed by atoms with Crippen LogP contribution in [0, 0.1) is 6.92 Å². The van der Waals surface area contributed by atoms with Gasteiger partial charge in [0.25, 0.3) is 5.91 Å². The Hall–Kier alpha value is -2.08. The largest absolute Gasteiger partial charge is 0.399 e. The third-order valence-corrected chi connectivity index (χ3v) is 2.53. The second-order valence-corrected chi connectivity index (χ2v) is 4.10. The maximum Gasteiger partial charge on any atom is 0.251 e. The highest BCUT2D eigenvalue weighted by molar-refractivity contribution is 5.97. The standard InChI is InChI=1S/C13H19N3O3/c1-9-7-10(14)3-4-11(9)13(18)16-8-12(17)15-5-6-19-2/h3-4,7H,5-6,8,14H2,1-2H3,(H,15,17)(H,16,18). The Balaban J connectivity index is 2.45. The molecule has 0 aliphatic rings. The summed E-state index contributed by atoms with van der Waals surface area (Å²) in [6.07, 6.45) is 0. The molecule has 0 fully saturated rings. The predicted octanol–water partition coefficient (Wildman–Crippen LogP) is 0.0696. The maximum absolute atomic E-state index is 11.9. The molecule has 6 nitrogen and oxygen atoms in total. The van der Waals surface area contributed by atoms with Crippen LogP contribution in [-0.2, 0) is 9.53 Å². The molecule has 0 saturated carbocycles. The number of nitrogens with one attached hydrogen (secondary N) is 2. The molecule has 0 aromatic heterocycles. The average Bonchev–Trinajstić information content (AvgIpc) is 2.36. The van der Waals surface area contributed by atoms with Gasteiger partial charge >= 0.3 is 0 Å². The van der Waals surface area contributed by atoms with E-state index in [4.69, 9.17) is 10.5 Å². The van der Waals surface area contributed by atoms with Crippen molar-refractivity contribution in [3.05, 3.63) is 29.3 Å². The molecule has 0 unspecified atom stereocenters. The van der Waals surface area contributed by atoms with Gasteiger partial charge in [-0.15, -0.1) is 0 Å². The van der Waals surface area contributed by atoms with E-state index in [1.165, 1.54) is 0 Å². The summed E-state index contributed by atoms with van der Waals surface area (Å²) in [5.41, 5.74) is 7.50. The first-order chi connectivity index (χ1) is 9.04. The van der Waals surface area contributed by atoms with Crippen LogP contribution in [-0.4, -0.2) is 38.6 Å². The molecule has 4 N–H and O–H groups in total. The monoisotopic (exact) mass is 265 g/mol. The SMILES string of the molecule is COCCNC(=O)CNC(=O)c1ccc(N)cc1C. The number of methoxy groups -OCH3 is 1. The first kappa shape index (κ1) is 15.0. The quantitative estimate of drug-likeness (QED) is 0.501. The number of amides is 2. The average molecular weight is 265 g/mol. The highest BCUT2D eigenvalue weighted by atomic mass is 16.5. The summed E-state index contributed by atoms with van der Waals surface area (Å²) in [4.78, 5) is 23.2. The number of rotatable bonds is 6. The number of ether oxygens (including phenoxy) is 1. The van der Waals surface area contributed by atoms with Gasteiger partial charge in [-0.25, -0.2) is 0 Å². The lowest BCUT2D eigenvalue weighted by Gasteiger charge is -2.08. The molecule has 1 aromatic carbocycles. The number of hydrogen-bond acceptors (Lipinski definition) is 4. The molecule has 6 heteroatoms. The van der Waals surface area contributed by atoms with Gasteiger partial charge in [0.05, 0.1) is 13.2 Å². The number of carbonyl (C=O) groups is 2. The minimum absolute atomic E-state index is 0.0631. The third kappa shape index (κ3) is 4.97. The van der Waals surface area contributed by atoms with Gasteiger partial charge in [-0.2, -0.15) is 0 Å². The van der Waals surface area contributed by atoms with Crippen LogP contribution in [0.5, 0.6) is 0 Å². The number of carbonyl (C=O) groups excluding carboxylic acids is 2. The van der Waals surface area contributed by atoms with E-state index in [2.05, 4.69) is 10.6 Å². The lowest BCUT2D eigenvalue weighted by Crippen LogP contribution is -2.38. The summed E-state index contributed by atoms with van der Waals surface area (Å²) >= 11 is 0. The van der Waals surface area contributed by atoms with E-state index in [1.807, 2.05) is 0 Å². The summed E-state index contributed by atoms with van der Waals surface area (Å²) in [6, 6.07) is 5.01. The molecule has 104 valence electrons. The van der Waals surface area contributed by atoms with Crippen LogP contribution < -0.4 is 16.4 Å². The molecule has 0 bridgehead atoms. The van der Waals surface area contributed by atoms with Crippen molar-refractivity contribution >= 4 is 17.5 Å². The van der Waals surface area contributed by atoms with Crippen molar-refractivity contribution in [3.8, 4) is 0 Å². The lowest BCUT2D eigenvalue weighted by atomic mass is 10.1. The van der Waals surface area contributed by atoms with E-state index in [0.717, 1.165) is 5.56 Å². The third-order valence-electron chi connectivity index (χ3n) is 2.53. The molecular formula is C13H19N3O3. The van der Waals surface area contributed by atoms with Crippen molar-refractivity contribution < 1.29 is 14.3 Å². The highest BCUT2D eigenvalue weighted by Gasteiger charge is 2.10. The summed E-state index contributed by atoms with van der Waals surface area (Å²) in [6.45, 7) is 2.60. The number of aryl methyl sites for hydroxylation is 1. The zero-order valence-electron chi connectivity index (χ0n) is 11.2. The fourth-order valence-corrected chi connectivity index (χ4v) is 1.55. The second kappa shape index (κ2) is 7.38. The number of benzene rings is 1. The van der Waals surface area contributed by atoms with E-state index in [9.17, 15) is 9.59 Å². The van der Waals surface area contributed by atoms with Crippen molar-refractivity contribution in [2.24, 2.45) is 0 Å². The van der Waals surface area contributed by atoms with Crippen LogP contribution in [0.15, 0.2) is 18.2 Å². The lowest BCUT2D eigenvalue weighted by molar-refractivity contribution is -0.120. The van der Waals surface area contributed by atoms with Crippen LogP contribution in [0.1, 0.15) is 15.9 Å². The zero-order chi connectivity index (χ0) is 14.3. The number of nitrogens with two attached hydrogens (primary N) is 1. The number of anilines is 1. The van der Waals surface area contributed by atoms with Crippen molar-refractivity contribution in [2.45, 2.75) is 6.92 Å². The molecule has 19 heavy (non-hydrogen) atoms. The molecule has 2 amide bonds. The van der Waals surface area contributed by atoms with E-state index >= 15 is 0 Å². The molecular weight excluding hydrogens is 246 g/mol. The van der Waals surface area contributed by atoms with Gasteiger partial charge in [0, 0.05) is 24.9 Å². The summed E-state index contributed by atoms with van der Waals surface area (Å²) in [5.74, 6) is -0.544. The van der Waals surface area contributed by atoms with E-state index in [-0.39, 0.29) is 18.4 Å². The molecule has 0 radical (unpaired) electrons. The Morgan fingerprint density at radius 1 is 1.32 bits per heavy atom. The number of hydrogen-bond donors (Lipinski definition) is 3. The van der Waals surface area contributed by atoms with E-state index < -0.39 is 0 Å². The van der Waals surface area contributed by atoms with Crippen LogP contribution in [0.3, 0.4) is 0 Å². The summed E-state index contributed by atoms with van der Waals surface area (Å²) < 4.78 is 4.80. The van der Waals surface area contributed by atoms with Crippen molar-refractivity contribution in [1.29, 1.82) is 0 Å². The van der Waals surface area contributed by atoms with Gasteiger partial charge in [0.2, 0.25) is 5.91 Å². The van der Waals surface area contributed by atoms with Gasteiger partial charge in [-0.3, -0.25) is 9.59 Å². The van der Waals surface area contributed by atoms with Crippen LogP contribution in [0.2, 0.25) is 0 Å². The molecule has 0 spiro atoms. The normalized spacial score (nSPS) is 10.0. The Morgan fingerprint density at radius 3 is 2.68 bits per heavy atom. The minimum Gasteiger partial charge on any atom is -0.399 e. The molecule has 0 aliphatic carbocycles. The summed E-state index contributed by atoms with van der Waals surface area (Å²) in [5, 5.41) is 5.17. The van der Waals surface area contributed by atoms with Crippen LogP contribution >= 0.6 is 0 Å². The molecule has 0 atom stereocenters. The number of nitrogen functional groups attached to an aromatic ring is 1. The van der Waals surface area contributed by atoms with Crippen molar-refractivity contribution in [2.75, 3.05) is 32.5 Å². The Kier molecular flexibility index (Phi) is 5.81. The van der Waals surface area contributed by atoms with Gasteiger partial charge in [-0.05, 0) is 30.7 Å². The Morgan fingerprint density at radius 2 is 2.05 bits per heavy atom. The minimum atomic E-state index is -0.292. The predicted molar refractivity (Wildman–Crippen MR) is 72.8 cm³/mol. The van der Waals surface area contributed by atoms with E-state index in [0.29, 0.717) is 24.4 Å². The zero-order valence-corrected chi connectivity index (χ0v) is 11.2. The molecule has 0 heterocycles. The molecule has 1 aromatic rings. The van der Waals surface area contributed by atoms with Gasteiger partial charge in [0.15, 0.2) is 0 Å². The maximum atomic E-state index is 11.9. The van der Waals surface area contributed by atoms with Crippen molar-refractivity contribution in [1.82, 2.24) is 10.6 Å². The topological polar surface area (TPSA) is 93.5 Å². The van der Waals surface area contributed by atoms with E-state index in [1.54, 1.807) is 32.2 Å². The Bertz CT molecular complexity index is 460. The highest BCUT2D eigenvalue weighted by Crippen LogP contribution is 2.11. The van der Waals surface area contributed by atoms with Gasteiger partial charge in [-0.1, -0.05) is 0 Å². The Labute approximate surface area is 112 Å². The molecule has 0 saturated heterocycles.